The van der Waals surface area contributed by atoms with Crippen molar-refractivity contribution in [1.82, 2.24) is 14.9 Å². The Labute approximate surface area is 154 Å². The van der Waals surface area contributed by atoms with Crippen molar-refractivity contribution in [2.45, 2.75) is 44.6 Å². The minimum absolute atomic E-state index is 0.284. The molecule has 2 unspecified atom stereocenters. The number of aromatic hydroxyl groups is 1. The number of benzene rings is 2. The van der Waals surface area contributed by atoms with Crippen LogP contribution in [0, 0.1) is 0 Å². The lowest BCUT2D eigenvalue weighted by Gasteiger charge is -2.22. The van der Waals surface area contributed by atoms with Crippen molar-refractivity contribution in [1.29, 1.82) is 0 Å². The molecule has 0 amide bonds. The molecule has 0 spiro atoms. The van der Waals surface area contributed by atoms with E-state index in [0.29, 0.717) is 12.0 Å². The maximum atomic E-state index is 9.90. The van der Waals surface area contributed by atoms with Crippen LogP contribution in [-0.4, -0.2) is 27.7 Å². The zero-order valence-corrected chi connectivity index (χ0v) is 15.4. The van der Waals surface area contributed by atoms with Gasteiger partial charge < -0.3 is 15.0 Å². The molecule has 1 aliphatic heterocycles. The molecule has 4 heteroatoms. The van der Waals surface area contributed by atoms with Gasteiger partial charge in [0.25, 0.3) is 0 Å². The highest BCUT2D eigenvalue weighted by molar-refractivity contribution is 5.78. The predicted molar refractivity (Wildman–Crippen MR) is 106 cm³/mol. The number of hydrogen-bond donors (Lipinski definition) is 2. The van der Waals surface area contributed by atoms with Crippen LogP contribution in [0.3, 0.4) is 0 Å². The molecule has 0 saturated carbocycles. The second kappa shape index (κ2) is 7.50. The van der Waals surface area contributed by atoms with Crippen molar-refractivity contribution < 1.29 is 5.11 Å². The van der Waals surface area contributed by atoms with Crippen molar-refractivity contribution in [3.8, 4) is 5.75 Å². The second-order valence-electron chi connectivity index (χ2n) is 7.44. The molecule has 2 atom stereocenters. The molecule has 2 aromatic carbocycles. The Balaban J connectivity index is 1.75. The van der Waals surface area contributed by atoms with E-state index in [2.05, 4.69) is 47.1 Å². The van der Waals surface area contributed by atoms with Gasteiger partial charge in [-0.05, 0) is 56.5 Å². The number of fused-ring (bicyclic) bond motifs is 1. The normalized spacial score (nSPS) is 19.3. The summed E-state index contributed by atoms with van der Waals surface area (Å²) < 4.78 is 2.45. The smallest absolute Gasteiger partial charge is 0.117 e. The first-order chi connectivity index (χ1) is 12.7. The Kier molecular flexibility index (Phi) is 4.93. The summed E-state index contributed by atoms with van der Waals surface area (Å²) in [5.74, 6) is 1.75. The van der Waals surface area contributed by atoms with E-state index in [-0.39, 0.29) is 5.75 Å². The fraction of sp³-hybridized carbons (Fsp3) is 0.409. The minimum Gasteiger partial charge on any atom is -0.508 e. The number of aromatic nitrogens is 2. The van der Waals surface area contributed by atoms with Gasteiger partial charge in [-0.15, -0.1) is 0 Å². The zero-order valence-electron chi connectivity index (χ0n) is 15.4. The van der Waals surface area contributed by atoms with Crippen LogP contribution in [0.4, 0.5) is 0 Å². The third kappa shape index (κ3) is 3.47. The van der Waals surface area contributed by atoms with Crippen LogP contribution in [0.5, 0.6) is 5.75 Å². The first-order valence-corrected chi connectivity index (χ1v) is 9.68. The summed E-state index contributed by atoms with van der Waals surface area (Å²) in [6.45, 7) is 4.41. The van der Waals surface area contributed by atoms with Gasteiger partial charge in [-0.2, -0.15) is 0 Å². The maximum Gasteiger partial charge on any atom is 0.117 e. The summed E-state index contributed by atoms with van der Waals surface area (Å²) in [5.41, 5.74) is 3.38. The molecule has 26 heavy (non-hydrogen) atoms. The number of rotatable bonds is 4. The summed E-state index contributed by atoms with van der Waals surface area (Å²) in [6, 6.07) is 16.7. The summed E-state index contributed by atoms with van der Waals surface area (Å²) in [4.78, 5) is 4.96. The molecular weight excluding hydrogens is 322 g/mol. The predicted octanol–water partition coefficient (Wildman–Crippen LogP) is 4.40. The van der Waals surface area contributed by atoms with E-state index in [1.165, 1.54) is 18.4 Å². The molecule has 3 aromatic rings. The van der Waals surface area contributed by atoms with E-state index < -0.39 is 0 Å². The molecule has 2 heterocycles. The first kappa shape index (κ1) is 17.1. The van der Waals surface area contributed by atoms with E-state index in [1.54, 1.807) is 12.1 Å². The van der Waals surface area contributed by atoms with Gasteiger partial charge in [-0.25, -0.2) is 4.98 Å². The Bertz CT molecular complexity index is 864. The topological polar surface area (TPSA) is 50.1 Å². The molecule has 4 nitrogen and oxygen atoms in total. The zero-order chi connectivity index (χ0) is 17.9. The Hall–Kier alpha value is -2.33. The third-order valence-electron chi connectivity index (χ3n) is 5.44. The minimum atomic E-state index is 0.284. The monoisotopic (exact) mass is 349 g/mol. The van der Waals surface area contributed by atoms with Crippen molar-refractivity contribution in [2.24, 2.45) is 0 Å². The van der Waals surface area contributed by atoms with Crippen molar-refractivity contribution in [3.05, 3.63) is 59.9 Å². The number of nitrogens with one attached hydrogen (secondary N) is 1. The van der Waals surface area contributed by atoms with Crippen LogP contribution in [0.2, 0.25) is 0 Å². The van der Waals surface area contributed by atoms with Gasteiger partial charge in [-0.3, -0.25) is 0 Å². The molecule has 0 aliphatic carbocycles. The lowest BCUT2D eigenvalue weighted by molar-refractivity contribution is 0.439. The molecule has 2 N–H and O–H groups in total. The van der Waals surface area contributed by atoms with E-state index >= 15 is 0 Å². The van der Waals surface area contributed by atoms with Crippen LogP contribution in [-0.2, 0) is 6.42 Å². The van der Waals surface area contributed by atoms with E-state index in [1.807, 2.05) is 6.07 Å². The highest BCUT2D eigenvalue weighted by Gasteiger charge is 2.23. The second-order valence-corrected chi connectivity index (χ2v) is 7.44. The third-order valence-corrected chi connectivity index (χ3v) is 5.44. The SMILES string of the molecule is CC(Cc1ccccc1)c1nc2cc(O)ccc2n1C1CCCNCC1. The number of nitrogens with zero attached hydrogens (tertiary/aromatic N) is 2. The van der Waals surface area contributed by atoms with E-state index in [4.69, 9.17) is 4.98 Å². The largest absolute Gasteiger partial charge is 0.508 e. The number of phenols is 1. The standard InChI is InChI=1S/C22H27N3O/c1-16(14-17-6-3-2-4-7-17)22-24-20-15-19(26)9-10-21(20)25(22)18-8-5-12-23-13-11-18/h2-4,6-7,9-10,15-16,18,23,26H,5,8,11-14H2,1H3. The summed E-state index contributed by atoms with van der Waals surface area (Å²) in [6.07, 6.45) is 4.46. The molecule has 136 valence electrons. The lowest BCUT2D eigenvalue weighted by atomic mass is 9.99. The van der Waals surface area contributed by atoms with E-state index in [0.717, 1.165) is 42.8 Å². The summed E-state index contributed by atoms with van der Waals surface area (Å²) >= 11 is 0. The van der Waals surface area contributed by atoms with Crippen LogP contribution < -0.4 is 5.32 Å². The summed E-state index contributed by atoms with van der Waals surface area (Å²) in [5, 5.41) is 13.4. The van der Waals surface area contributed by atoms with Crippen LogP contribution in [0.15, 0.2) is 48.5 Å². The van der Waals surface area contributed by atoms with E-state index in [9.17, 15) is 5.11 Å². The number of hydrogen-bond acceptors (Lipinski definition) is 3. The van der Waals surface area contributed by atoms with Crippen molar-refractivity contribution in [2.75, 3.05) is 13.1 Å². The molecular formula is C22H27N3O. The lowest BCUT2D eigenvalue weighted by Crippen LogP contribution is -2.17. The van der Waals surface area contributed by atoms with Gasteiger partial charge in [0.15, 0.2) is 0 Å². The van der Waals surface area contributed by atoms with Crippen LogP contribution in [0.25, 0.3) is 11.0 Å². The molecule has 0 radical (unpaired) electrons. The quantitative estimate of drug-likeness (QED) is 0.734. The Morgan fingerprint density at radius 1 is 1.15 bits per heavy atom. The number of imidazole rings is 1. The number of phenolic OH excluding ortho intramolecular Hbond substituents is 1. The van der Waals surface area contributed by atoms with Gasteiger partial charge in [0.05, 0.1) is 11.0 Å². The van der Waals surface area contributed by atoms with Gasteiger partial charge in [0.1, 0.15) is 11.6 Å². The average molecular weight is 349 g/mol. The Morgan fingerprint density at radius 2 is 2.00 bits per heavy atom. The van der Waals surface area contributed by atoms with Gasteiger partial charge in [-0.1, -0.05) is 37.3 Å². The van der Waals surface area contributed by atoms with Gasteiger partial charge in [0, 0.05) is 18.0 Å². The Morgan fingerprint density at radius 3 is 2.85 bits per heavy atom. The molecule has 1 aliphatic rings. The van der Waals surface area contributed by atoms with Gasteiger partial charge >= 0.3 is 0 Å². The molecule has 0 bridgehead atoms. The highest BCUT2D eigenvalue weighted by atomic mass is 16.3. The highest BCUT2D eigenvalue weighted by Crippen LogP contribution is 2.33. The van der Waals surface area contributed by atoms with Gasteiger partial charge in [0.2, 0.25) is 0 Å². The molecule has 1 fully saturated rings. The molecule has 1 aromatic heterocycles. The fourth-order valence-corrected chi connectivity index (χ4v) is 4.15. The summed E-state index contributed by atoms with van der Waals surface area (Å²) in [7, 11) is 0. The maximum absolute atomic E-state index is 9.90. The van der Waals surface area contributed by atoms with Crippen molar-refractivity contribution in [3.63, 3.8) is 0 Å². The molecule has 1 saturated heterocycles. The fourth-order valence-electron chi connectivity index (χ4n) is 4.15. The van der Waals surface area contributed by atoms with Crippen molar-refractivity contribution >= 4 is 11.0 Å². The van der Waals surface area contributed by atoms with Crippen LogP contribution >= 0.6 is 0 Å². The molecule has 4 rings (SSSR count). The average Bonchev–Trinajstić information content (AvgIpc) is 2.82. The van der Waals surface area contributed by atoms with Crippen LogP contribution in [0.1, 0.15) is 49.5 Å². The first-order valence-electron chi connectivity index (χ1n) is 9.68.